The molecule has 2 atom stereocenters. The third kappa shape index (κ3) is 3.74. The van der Waals surface area contributed by atoms with Crippen molar-refractivity contribution in [2.24, 2.45) is 0 Å². The van der Waals surface area contributed by atoms with Crippen molar-refractivity contribution in [2.75, 3.05) is 0 Å². The Morgan fingerprint density at radius 3 is 2.05 bits per heavy atom. The first-order chi connectivity index (χ1) is 10.3. The maximum Gasteiger partial charge on any atom is 0.331 e. The third-order valence-electron chi connectivity index (χ3n) is 4.32. The second kappa shape index (κ2) is 9.02. The van der Waals surface area contributed by atoms with Crippen LogP contribution in [0.3, 0.4) is 0 Å². The molecule has 2 fully saturated rings. The quantitative estimate of drug-likeness (QED) is 0.431. The summed E-state index contributed by atoms with van der Waals surface area (Å²) in [6.45, 7) is 0. The molecule has 0 aromatic carbocycles. The molecule has 2 aliphatic rings. The SMILES string of the molecule is O=C=C1CCC([P+](=C=O)C2CCCCC2)C(=C=O)C1=C=O.[Fe]. The first-order valence-corrected chi connectivity index (χ1v) is 8.65. The van der Waals surface area contributed by atoms with Gasteiger partial charge in [-0.2, -0.15) is 4.79 Å². The maximum absolute atomic E-state index is 11.5. The number of carbonyl (C=O) groups excluding carboxylic acids is 4. The molecule has 4 nitrogen and oxygen atoms in total. The first-order valence-electron chi connectivity index (χ1n) is 7.17. The Bertz CT molecular complexity index is 637. The summed E-state index contributed by atoms with van der Waals surface area (Å²) in [5.74, 6) is 5.15. The summed E-state index contributed by atoms with van der Waals surface area (Å²) >= 11 is 0. The number of hydrogen-bond donors (Lipinski definition) is 0. The number of allylic oxidation sites excluding steroid dienone is 3. The zero-order chi connectivity index (χ0) is 15.2. The van der Waals surface area contributed by atoms with Crippen LogP contribution in [0.4, 0.5) is 0 Å². The molecule has 2 unspecified atom stereocenters. The van der Waals surface area contributed by atoms with E-state index in [1.54, 1.807) is 17.8 Å². The Hall–Kier alpha value is -1.25. The minimum absolute atomic E-state index is 0. The Labute approximate surface area is 140 Å². The van der Waals surface area contributed by atoms with E-state index in [1.807, 2.05) is 0 Å². The summed E-state index contributed by atoms with van der Waals surface area (Å²) in [6, 6.07) is 0. The minimum Gasteiger partial charge on any atom is -0.233 e. The standard InChI is InChI=1S/C16H16O4P.Fe/c17-8-12-6-7-16(15(10-19)14(12)9-18)21(11-20)13-4-2-1-3-5-13;/h13,16H,1-7H2;/q+1;. The summed E-state index contributed by atoms with van der Waals surface area (Å²) in [5.41, 5.74) is 2.36. The summed E-state index contributed by atoms with van der Waals surface area (Å²) < 4.78 is 0. The van der Waals surface area contributed by atoms with Crippen LogP contribution in [0.5, 0.6) is 0 Å². The van der Waals surface area contributed by atoms with Crippen LogP contribution in [0, 0.1) is 0 Å². The zero-order valence-corrected chi connectivity index (χ0v) is 14.0. The van der Waals surface area contributed by atoms with Crippen LogP contribution in [0.2, 0.25) is 0 Å². The molecule has 0 aromatic rings. The molecule has 0 aliphatic heterocycles. The van der Waals surface area contributed by atoms with Gasteiger partial charge >= 0.3 is 5.66 Å². The largest absolute Gasteiger partial charge is 0.331 e. The van der Waals surface area contributed by atoms with E-state index in [4.69, 9.17) is 0 Å². The topological polar surface area (TPSA) is 68.3 Å². The van der Waals surface area contributed by atoms with E-state index in [-0.39, 0.29) is 45.1 Å². The van der Waals surface area contributed by atoms with Gasteiger partial charge in [-0.15, -0.1) is 0 Å². The van der Waals surface area contributed by atoms with Crippen molar-refractivity contribution in [2.45, 2.75) is 56.3 Å². The van der Waals surface area contributed by atoms with Gasteiger partial charge in [0.05, 0.1) is 11.1 Å². The zero-order valence-electron chi connectivity index (χ0n) is 12.0. The predicted molar refractivity (Wildman–Crippen MR) is 80.1 cm³/mol. The van der Waals surface area contributed by atoms with Crippen molar-refractivity contribution in [1.82, 2.24) is 0 Å². The van der Waals surface area contributed by atoms with Gasteiger partial charge in [0.15, 0.2) is 5.66 Å². The molecule has 0 amide bonds. The van der Waals surface area contributed by atoms with Crippen molar-refractivity contribution in [3.8, 4) is 0 Å². The summed E-state index contributed by atoms with van der Waals surface area (Å²) in [4.78, 5) is 44.7. The van der Waals surface area contributed by atoms with Crippen molar-refractivity contribution in [1.29, 1.82) is 0 Å². The van der Waals surface area contributed by atoms with Gasteiger partial charge in [-0.3, -0.25) is 0 Å². The van der Waals surface area contributed by atoms with E-state index in [9.17, 15) is 19.2 Å². The fraction of sp³-hybridized carbons (Fsp3) is 0.562. The summed E-state index contributed by atoms with van der Waals surface area (Å²) in [6.07, 6.45) is 6.17. The molecule has 6 heteroatoms. The van der Waals surface area contributed by atoms with Gasteiger partial charge in [-0.1, -0.05) is 6.42 Å². The van der Waals surface area contributed by atoms with Crippen molar-refractivity contribution >= 4 is 31.0 Å². The maximum atomic E-state index is 11.5. The first kappa shape index (κ1) is 18.8. The van der Waals surface area contributed by atoms with Crippen molar-refractivity contribution < 1.29 is 36.2 Å². The Morgan fingerprint density at radius 2 is 1.55 bits per heavy atom. The van der Waals surface area contributed by atoms with E-state index in [0.29, 0.717) is 12.8 Å². The van der Waals surface area contributed by atoms with Crippen LogP contribution in [0.25, 0.3) is 0 Å². The van der Waals surface area contributed by atoms with Gasteiger partial charge in [-0.25, -0.2) is 14.4 Å². The molecule has 22 heavy (non-hydrogen) atoms. The molecule has 2 saturated carbocycles. The van der Waals surface area contributed by atoms with Gasteiger partial charge in [0, 0.05) is 23.5 Å². The van der Waals surface area contributed by atoms with E-state index in [1.165, 1.54) is 6.42 Å². The molecule has 0 radical (unpaired) electrons. The molecule has 0 bridgehead atoms. The molecule has 0 heterocycles. The van der Waals surface area contributed by atoms with Crippen LogP contribution in [0.1, 0.15) is 44.9 Å². The fourth-order valence-corrected chi connectivity index (χ4v) is 5.82. The van der Waals surface area contributed by atoms with Gasteiger partial charge in [0.25, 0.3) is 0 Å². The second-order valence-electron chi connectivity index (χ2n) is 5.42. The number of hydrogen-bond acceptors (Lipinski definition) is 4. The van der Waals surface area contributed by atoms with Gasteiger partial charge in [-0.05, 0) is 32.1 Å². The van der Waals surface area contributed by atoms with Gasteiger partial charge in [0.2, 0.25) is 7.55 Å². The smallest absolute Gasteiger partial charge is 0.233 e. The minimum atomic E-state index is -1.14. The Balaban J connectivity index is 0.00000242. The van der Waals surface area contributed by atoms with E-state index in [0.717, 1.165) is 25.7 Å². The van der Waals surface area contributed by atoms with E-state index < -0.39 is 7.55 Å². The van der Waals surface area contributed by atoms with Crippen molar-refractivity contribution in [3.05, 3.63) is 16.7 Å². The molecular formula is C16H16FeO4P+. The van der Waals surface area contributed by atoms with Crippen LogP contribution >= 0.6 is 7.55 Å². The molecule has 0 spiro atoms. The van der Waals surface area contributed by atoms with Gasteiger partial charge < -0.3 is 0 Å². The normalized spacial score (nSPS) is 22.6. The van der Waals surface area contributed by atoms with E-state index in [2.05, 4.69) is 5.66 Å². The second-order valence-corrected chi connectivity index (χ2v) is 7.77. The summed E-state index contributed by atoms with van der Waals surface area (Å²) in [7, 11) is -1.14. The average molecular weight is 359 g/mol. The van der Waals surface area contributed by atoms with Crippen molar-refractivity contribution in [3.63, 3.8) is 0 Å². The number of rotatable bonds is 2. The van der Waals surface area contributed by atoms with Crippen LogP contribution in [-0.4, -0.2) is 34.8 Å². The molecule has 116 valence electrons. The molecule has 2 rings (SSSR count). The van der Waals surface area contributed by atoms with E-state index >= 15 is 0 Å². The fourth-order valence-electron chi connectivity index (χ4n) is 3.25. The Morgan fingerprint density at radius 1 is 0.864 bits per heavy atom. The van der Waals surface area contributed by atoms with Crippen LogP contribution in [-0.2, 0) is 36.2 Å². The summed E-state index contributed by atoms with van der Waals surface area (Å²) in [5, 5.41) is 0. The average Bonchev–Trinajstić information content (AvgIpc) is 2.55. The Kier molecular flexibility index (Phi) is 7.70. The predicted octanol–water partition coefficient (Wildman–Crippen LogP) is 2.30. The molecule has 0 saturated heterocycles. The third-order valence-corrected chi connectivity index (χ3v) is 7.02. The van der Waals surface area contributed by atoms with Gasteiger partial charge in [0.1, 0.15) is 29.1 Å². The van der Waals surface area contributed by atoms with Crippen LogP contribution in [0.15, 0.2) is 16.7 Å². The monoisotopic (exact) mass is 359 g/mol. The van der Waals surface area contributed by atoms with Crippen LogP contribution < -0.4 is 0 Å². The molecular weight excluding hydrogens is 343 g/mol. The molecule has 0 N–H and O–H groups in total. The molecule has 0 aromatic heterocycles. The molecule has 2 aliphatic carbocycles.